The Bertz CT molecular complexity index is 1590. The molecule has 0 aromatic heterocycles. The zero-order valence-electron chi connectivity index (χ0n) is 22.0. The molecule has 0 bridgehead atoms. The molecule has 5 aromatic carbocycles. The van der Waals surface area contributed by atoms with E-state index >= 15 is 0 Å². The molecule has 1 aliphatic carbocycles. The number of alkyl halides is 6. The van der Waals surface area contributed by atoms with Gasteiger partial charge in [-0.1, -0.05) is 84.8 Å². The van der Waals surface area contributed by atoms with Gasteiger partial charge in [-0.15, -0.1) is 75.5 Å². The molecule has 0 nitrogen and oxygen atoms in total. The van der Waals surface area contributed by atoms with Gasteiger partial charge in [-0.25, -0.2) is 0 Å². The van der Waals surface area contributed by atoms with E-state index in [1.165, 1.54) is 21.9 Å². The van der Waals surface area contributed by atoms with Crippen molar-refractivity contribution < 1.29 is 77.0 Å². The van der Waals surface area contributed by atoms with Crippen LogP contribution in [0.3, 0.4) is 0 Å². The van der Waals surface area contributed by atoms with Crippen molar-refractivity contribution in [3.8, 4) is 11.1 Å². The topological polar surface area (TPSA) is 0 Å². The van der Waals surface area contributed by atoms with E-state index in [9.17, 15) is 26.3 Å². The van der Waals surface area contributed by atoms with Crippen LogP contribution in [0, 0.1) is 6.08 Å². The Balaban J connectivity index is 0.000000297. The maximum absolute atomic E-state index is 13.0. The van der Waals surface area contributed by atoms with E-state index in [0.29, 0.717) is 11.1 Å². The van der Waals surface area contributed by atoms with Gasteiger partial charge in [-0.2, -0.15) is 26.3 Å². The first-order valence-electron chi connectivity index (χ1n) is 12.2. The average Bonchev–Trinajstić information content (AvgIpc) is 3.50. The molecule has 5 aromatic rings. The molecule has 214 valence electrons. The van der Waals surface area contributed by atoms with E-state index in [1.807, 2.05) is 6.07 Å². The molecular weight excluding hydrogens is 760 g/mol. The van der Waals surface area contributed by atoms with Gasteiger partial charge < -0.3 is 24.8 Å². The fraction of sp³-hybridized carbons (Fsp3) is 0.121. The minimum atomic E-state index is -4.86. The molecule has 1 unspecified atom stereocenters. The first-order valence-corrected chi connectivity index (χ1v) is 12.2. The van der Waals surface area contributed by atoms with Crippen LogP contribution >= 0.6 is 0 Å². The molecule has 6 rings (SSSR count). The van der Waals surface area contributed by atoms with E-state index in [2.05, 4.69) is 66.7 Å². The van der Waals surface area contributed by atoms with Gasteiger partial charge in [0.25, 0.3) is 0 Å². The molecule has 0 heterocycles. The zero-order chi connectivity index (χ0) is 27.8. The average molecular weight is 782 g/mol. The quantitative estimate of drug-likeness (QED) is 0.143. The van der Waals surface area contributed by atoms with Crippen LogP contribution < -0.4 is 24.8 Å². The first kappa shape index (κ1) is 35.5. The normalized spacial score (nSPS) is 13.9. The van der Waals surface area contributed by atoms with Crippen molar-refractivity contribution in [2.45, 2.75) is 25.2 Å². The van der Waals surface area contributed by atoms with E-state index in [1.54, 1.807) is 31.2 Å². The first-order chi connectivity index (χ1) is 18.5. The molecule has 0 saturated carbocycles. The summed E-state index contributed by atoms with van der Waals surface area (Å²) in [4.78, 5) is 0. The van der Waals surface area contributed by atoms with E-state index < -0.39 is 23.5 Å². The molecule has 0 radical (unpaired) electrons. The van der Waals surface area contributed by atoms with Gasteiger partial charge >= 0.3 is 38.2 Å². The molecule has 0 spiro atoms. The van der Waals surface area contributed by atoms with E-state index in [-0.39, 0.29) is 68.2 Å². The fourth-order valence-corrected chi connectivity index (χ4v) is 4.78. The number of benzene rings is 4. The third kappa shape index (κ3) is 7.80. The Morgan fingerprint density at radius 3 is 1.76 bits per heavy atom. The minimum Gasteiger partial charge on any atom is -1.00 e. The largest absolute Gasteiger partial charge is 4.00 e. The van der Waals surface area contributed by atoms with Gasteiger partial charge in [0.15, 0.2) is 0 Å². The van der Waals surface area contributed by atoms with Crippen molar-refractivity contribution in [3.05, 3.63) is 143 Å². The summed E-state index contributed by atoms with van der Waals surface area (Å²) < 4.78 is 77.9. The van der Waals surface area contributed by atoms with Crippen LogP contribution in [-0.4, -0.2) is 0 Å². The maximum atomic E-state index is 13.0. The molecule has 1 atom stereocenters. The van der Waals surface area contributed by atoms with Crippen LogP contribution in [0.2, 0.25) is 0 Å². The van der Waals surface area contributed by atoms with Crippen LogP contribution in [0.25, 0.3) is 27.5 Å². The third-order valence-electron chi connectivity index (χ3n) is 6.75. The van der Waals surface area contributed by atoms with Crippen LogP contribution in [0.5, 0.6) is 0 Å². The predicted octanol–water partition coefficient (Wildman–Crippen LogP) is 4.31. The van der Waals surface area contributed by atoms with Gasteiger partial charge in [0.2, 0.25) is 0 Å². The molecule has 0 aliphatic heterocycles. The molecule has 9 heteroatoms. The smallest absolute Gasteiger partial charge is 1.00 e. The summed E-state index contributed by atoms with van der Waals surface area (Å²) in [6.45, 7) is 1.74. The van der Waals surface area contributed by atoms with Gasteiger partial charge in [0.05, 0.1) is 0 Å². The van der Waals surface area contributed by atoms with Crippen LogP contribution in [0.4, 0.5) is 26.3 Å². The van der Waals surface area contributed by atoms with Crippen LogP contribution in [0.1, 0.15) is 40.7 Å². The molecule has 0 fully saturated rings. The van der Waals surface area contributed by atoms with Gasteiger partial charge in [0.1, 0.15) is 0 Å². The molecule has 42 heavy (non-hydrogen) atoms. The second kappa shape index (κ2) is 14.2. The predicted molar refractivity (Wildman–Crippen MR) is 142 cm³/mol. The summed E-state index contributed by atoms with van der Waals surface area (Å²) in [5, 5.41) is 2.63. The molecule has 0 saturated heterocycles. The minimum absolute atomic E-state index is 0. The Labute approximate surface area is 271 Å². The maximum Gasteiger partial charge on any atom is 4.00 e. The number of allylic oxidation sites excluding steroid dienone is 1. The van der Waals surface area contributed by atoms with Gasteiger partial charge in [-0.3, -0.25) is 0 Å². The SMILES string of the molecule is CC1C(c2cc(C(F)(F)F)cc(C(F)(F)F)c2)=[C-]c2ccccc21.[Cl-].[Cl-].[Hf+4].c1ccc(-c2cc3ccccc3[cH-]2)cc1. The molecule has 1 aliphatic rings. The number of rotatable bonds is 2. The Morgan fingerprint density at radius 1 is 0.643 bits per heavy atom. The summed E-state index contributed by atoms with van der Waals surface area (Å²) in [7, 11) is 0. The van der Waals surface area contributed by atoms with Crippen molar-refractivity contribution >= 4 is 16.3 Å². The summed E-state index contributed by atoms with van der Waals surface area (Å²) in [5.74, 6) is -0.328. The van der Waals surface area contributed by atoms with E-state index in [0.717, 1.165) is 17.7 Å². The Morgan fingerprint density at radius 2 is 1.19 bits per heavy atom. The number of hydrogen-bond donors (Lipinski definition) is 0. The van der Waals surface area contributed by atoms with E-state index in [4.69, 9.17) is 0 Å². The monoisotopic (exact) mass is 782 g/mol. The summed E-state index contributed by atoms with van der Waals surface area (Å²) in [6.07, 6.45) is -6.77. The van der Waals surface area contributed by atoms with Gasteiger partial charge in [0, 0.05) is 11.1 Å². The molecule has 0 amide bonds. The summed E-state index contributed by atoms with van der Waals surface area (Å²) in [6, 6.07) is 32.1. The number of hydrogen-bond acceptors (Lipinski definition) is 0. The summed E-state index contributed by atoms with van der Waals surface area (Å²) >= 11 is 0. The second-order valence-corrected chi connectivity index (χ2v) is 9.38. The van der Waals surface area contributed by atoms with Crippen molar-refractivity contribution in [2.24, 2.45) is 0 Å². The Kier molecular flexibility index (Phi) is 11.9. The fourth-order valence-electron chi connectivity index (χ4n) is 4.78. The van der Waals surface area contributed by atoms with Gasteiger partial charge in [-0.05, 0) is 12.0 Å². The molecular formula is C33H22Cl2F6Hf. The van der Waals surface area contributed by atoms with Crippen molar-refractivity contribution in [1.82, 2.24) is 0 Å². The Hall–Kier alpha value is -2.74. The number of fused-ring (bicyclic) bond motifs is 2. The summed E-state index contributed by atoms with van der Waals surface area (Å²) in [5.41, 5.74) is 1.69. The van der Waals surface area contributed by atoms with Crippen molar-refractivity contribution in [2.75, 3.05) is 0 Å². The van der Waals surface area contributed by atoms with Crippen LogP contribution in [0.15, 0.2) is 109 Å². The van der Waals surface area contributed by atoms with Crippen LogP contribution in [-0.2, 0) is 38.2 Å². The van der Waals surface area contributed by atoms with Crippen molar-refractivity contribution in [3.63, 3.8) is 0 Å². The van der Waals surface area contributed by atoms with Crippen molar-refractivity contribution in [1.29, 1.82) is 0 Å². The molecule has 0 N–H and O–H groups in total. The standard InChI is InChI=1S/C18H11F6.C15H11.2ClH.Hf/c1-10-15-5-3-2-4-11(15)8-16(10)12-6-13(17(19,20)21)9-14(7-12)18(22,23)24;1-2-6-12(7-3-1)15-10-13-8-4-5-9-14(13)11-15;;;/h2-7,9-10H,1H3;1-11H;2*1H;/q2*-1;;;+4/p-2. The zero-order valence-corrected chi connectivity index (χ0v) is 27.1. The third-order valence-corrected chi connectivity index (χ3v) is 6.75. The second-order valence-electron chi connectivity index (χ2n) is 9.38. The number of halogens is 8.